The average molecular weight is 223 g/mol. The number of rotatable bonds is 5. The molecule has 1 aliphatic rings. The Morgan fingerprint density at radius 2 is 2.31 bits per heavy atom. The Hall–Kier alpha value is -1.29. The maximum absolute atomic E-state index is 10.8. The van der Waals surface area contributed by atoms with Crippen molar-refractivity contribution in [1.29, 1.82) is 0 Å². The van der Waals surface area contributed by atoms with Crippen LogP contribution >= 0.6 is 0 Å². The molecule has 1 aromatic rings. The van der Waals surface area contributed by atoms with Gasteiger partial charge in [-0.2, -0.15) is 0 Å². The zero-order valence-electron chi connectivity index (χ0n) is 9.64. The van der Waals surface area contributed by atoms with Gasteiger partial charge < -0.3 is 9.52 Å². The Bertz CT molecular complexity index is 381. The first-order valence-corrected chi connectivity index (χ1v) is 5.62. The molecule has 0 bridgehead atoms. The molecule has 16 heavy (non-hydrogen) atoms. The second-order valence-electron chi connectivity index (χ2n) is 4.42. The van der Waals surface area contributed by atoms with E-state index in [9.17, 15) is 4.79 Å². The van der Waals surface area contributed by atoms with Gasteiger partial charge in [0.1, 0.15) is 11.5 Å². The summed E-state index contributed by atoms with van der Waals surface area (Å²) < 4.78 is 5.55. The molecular formula is C12H17NO3. The van der Waals surface area contributed by atoms with E-state index in [1.807, 2.05) is 30.9 Å². The highest BCUT2D eigenvalue weighted by Crippen LogP contribution is 2.34. The van der Waals surface area contributed by atoms with Gasteiger partial charge in [-0.1, -0.05) is 0 Å². The van der Waals surface area contributed by atoms with E-state index >= 15 is 0 Å². The maximum Gasteiger partial charge on any atom is 0.317 e. The van der Waals surface area contributed by atoms with Crippen LogP contribution in [0.15, 0.2) is 16.5 Å². The summed E-state index contributed by atoms with van der Waals surface area (Å²) >= 11 is 0. The molecule has 0 amide bonds. The van der Waals surface area contributed by atoms with Crippen LogP contribution in [0.3, 0.4) is 0 Å². The smallest absolute Gasteiger partial charge is 0.317 e. The van der Waals surface area contributed by atoms with E-state index in [1.165, 1.54) is 0 Å². The minimum atomic E-state index is -0.776. The molecule has 0 saturated heterocycles. The minimum Gasteiger partial charge on any atom is -0.480 e. The van der Waals surface area contributed by atoms with E-state index in [-0.39, 0.29) is 12.6 Å². The van der Waals surface area contributed by atoms with Crippen LogP contribution in [0.1, 0.15) is 37.3 Å². The van der Waals surface area contributed by atoms with Gasteiger partial charge in [0, 0.05) is 6.04 Å². The number of hydrogen-bond donors (Lipinski definition) is 1. The van der Waals surface area contributed by atoms with Crippen molar-refractivity contribution in [3.8, 4) is 0 Å². The van der Waals surface area contributed by atoms with Gasteiger partial charge >= 0.3 is 5.97 Å². The molecule has 0 spiro atoms. The maximum atomic E-state index is 10.8. The second kappa shape index (κ2) is 4.29. The van der Waals surface area contributed by atoms with Crippen molar-refractivity contribution in [2.24, 2.45) is 0 Å². The van der Waals surface area contributed by atoms with E-state index in [2.05, 4.69) is 0 Å². The SMILES string of the molecule is Cc1ccc(C(C)N(CC(=O)O)C2CC2)o1. The molecule has 1 atom stereocenters. The largest absolute Gasteiger partial charge is 0.480 e. The summed E-state index contributed by atoms with van der Waals surface area (Å²) in [5, 5.41) is 8.89. The first-order valence-electron chi connectivity index (χ1n) is 5.62. The van der Waals surface area contributed by atoms with Crippen molar-refractivity contribution in [3.63, 3.8) is 0 Å². The minimum absolute atomic E-state index is 0.0392. The van der Waals surface area contributed by atoms with Crippen molar-refractivity contribution in [1.82, 2.24) is 4.90 Å². The molecule has 1 heterocycles. The Morgan fingerprint density at radius 1 is 1.62 bits per heavy atom. The standard InChI is InChI=1S/C12H17NO3/c1-8-3-6-11(16-8)9(2)13(7-12(14)15)10-4-5-10/h3,6,9-10H,4-5,7H2,1-2H3,(H,14,15). The highest BCUT2D eigenvalue weighted by atomic mass is 16.4. The molecular weight excluding hydrogens is 206 g/mol. The van der Waals surface area contributed by atoms with E-state index in [0.717, 1.165) is 24.4 Å². The molecule has 2 rings (SSSR count). The lowest BCUT2D eigenvalue weighted by Gasteiger charge is -2.25. The quantitative estimate of drug-likeness (QED) is 0.831. The lowest BCUT2D eigenvalue weighted by Crippen LogP contribution is -2.34. The van der Waals surface area contributed by atoms with Gasteiger partial charge in [-0.3, -0.25) is 9.69 Å². The summed E-state index contributed by atoms with van der Waals surface area (Å²) in [6.07, 6.45) is 2.19. The Labute approximate surface area is 94.9 Å². The normalized spacial score (nSPS) is 17.7. The predicted molar refractivity (Wildman–Crippen MR) is 59.2 cm³/mol. The van der Waals surface area contributed by atoms with Crippen molar-refractivity contribution < 1.29 is 14.3 Å². The number of hydrogen-bond acceptors (Lipinski definition) is 3. The second-order valence-corrected chi connectivity index (χ2v) is 4.42. The molecule has 1 saturated carbocycles. The van der Waals surface area contributed by atoms with Crippen LogP contribution in [0.2, 0.25) is 0 Å². The molecule has 1 unspecified atom stereocenters. The van der Waals surface area contributed by atoms with Gasteiger partial charge in [0.15, 0.2) is 0 Å². The van der Waals surface area contributed by atoms with E-state index in [4.69, 9.17) is 9.52 Å². The van der Waals surface area contributed by atoms with Crippen LogP contribution in [0.4, 0.5) is 0 Å². The predicted octanol–water partition coefficient (Wildman–Crippen LogP) is 2.20. The molecule has 0 radical (unpaired) electrons. The van der Waals surface area contributed by atoms with Crippen LogP contribution in [-0.2, 0) is 4.79 Å². The number of carbonyl (C=O) groups is 1. The first kappa shape index (κ1) is 11.2. The van der Waals surface area contributed by atoms with Gasteiger partial charge in [-0.25, -0.2) is 0 Å². The van der Waals surface area contributed by atoms with Crippen LogP contribution in [0.25, 0.3) is 0 Å². The number of nitrogens with zero attached hydrogens (tertiary/aromatic N) is 1. The Morgan fingerprint density at radius 3 is 2.75 bits per heavy atom. The van der Waals surface area contributed by atoms with Crippen LogP contribution < -0.4 is 0 Å². The fourth-order valence-corrected chi connectivity index (χ4v) is 1.99. The summed E-state index contributed by atoms with van der Waals surface area (Å²) in [4.78, 5) is 12.8. The molecule has 0 aliphatic heterocycles. The van der Waals surface area contributed by atoms with Gasteiger partial charge in [-0.15, -0.1) is 0 Å². The number of carboxylic acid groups (broad SMARTS) is 1. The zero-order valence-corrected chi connectivity index (χ0v) is 9.64. The molecule has 88 valence electrons. The summed E-state index contributed by atoms with van der Waals surface area (Å²) in [6, 6.07) is 4.29. The molecule has 4 nitrogen and oxygen atoms in total. The molecule has 4 heteroatoms. The summed E-state index contributed by atoms with van der Waals surface area (Å²) in [5.41, 5.74) is 0. The molecule has 1 N–H and O–H groups in total. The van der Waals surface area contributed by atoms with Gasteiger partial charge in [0.2, 0.25) is 0 Å². The third-order valence-electron chi connectivity index (χ3n) is 3.00. The highest BCUT2D eigenvalue weighted by Gasteiger charge is 2.34. The van der Waals surface area contributed by atoms with Crippen molar-refractivity contribution >= 4 is 5.97 Å². The van der Waals surface area contributed by atoms with E-state index < -0.39 is 5.97 Å². The third kappa shape index (κ3) is 2.44. The molecule has 1 aromatic heterocycles. The van der Waals surface area contributed by atoms with Gasteiger partial charge in [0.25, 0.3) is 0 Å². The van der Waals surface area contributed by atoms with Gasteiger partial charge in [-0.05, 0) is 38.8 Å². The third-order valence-corrected chi connectivity index (χ3v) is 3.00. The molecule has 1 fully saturated rings. The first-order chi connectivity index (χ1) is 7.58. The zero-order chi connectivity index (χ0) is 11.7. The lowest BCUT2D eigenvalue weighted by atomic mass is 10.2. The average Bonchev–Trinajstić information content (AvgIpc) is 2.96. The van der Waals surface area contributed by atoms with Crippen LogP contribution in [0, 0.1) is 6.92 Å². The van der Waals surface area contributed by atoms with Crippen molar-refractivity contribution in [2.75, 3.05) is 6.54 Å². The summed E-state index contributed by atoms with van der Waals surface area (Å²) in [5.74, 6) is 0.945. The fourth-order valence-electron chi connectivity index (χ4n) is 1.99. The van der Waals surface area contributed by atoms with Crippen molar-refractivity contribution in [3.05, 3.63) is 23.7 Å². The monoisotopic (exact) mass is 223 g/mol. The number of aliphatic carboxylic acids is 1. The Balaban J connectivity index is 2.10. The lowest BCUT2D eigenvalue weighted by molar-refractivity contribution is -0.139. The molecule has 0 aromatic carbocycles. The number of furan rings is 1. The number of aryl methyl sites for hydroxylation is 1. The highest BCUT2D eigenvalue weighted by molar-refractivity contribution is 5.69. The summed E-state index contributed by atoms with van der Waals surface area (Å²) in [7, 11) is 0. The number of carboxylic acids is 1. The van der Waals surface area contributed by atoms with E-state index in [1.54, 1.807) is 0 Å². The molecule has 1 aliphatic carbocycles. The van der Waals surface area contributed by atoms with E-state index in [0.29, 0.717) is 6.04 Å². The van der Waals surface area contributed by atoms with Crippen LogP contribution in [-0.4, -0.2) is 28.6 Å². The Kier molecular flexibility index (Phi) is 3.01. The fraction of sp³-hybridized carbons (Fsp3) is 0.583. The topological polar surface area (TPSA) is 53.7 Å². The summed E-state index contributed by atoms with van der Waals surface area (Å²) in [6.45, 7) is 3.99. The van der Waals surface area contributed by atoms with Crippen molar-refractivity contribution in [2.45, 2.75) is 38.8 Å². The van der Waals surface area contributed by atoms with Gasteiger partial charge in [0.05, 0.1) is 12.6 Å². The van der Waals surface area contributed by atoms with Crippen LogP contribution in [0.5, 0.6) is 0 Å².